The van der Waals surface area contributed by atoms with Gasteiger partial charge in [-0.2, -0.15) is 0 Å². The van der Waals surface area contributed by atoms with Crippen LogP contribution in [-0.4, -0.2) is 36.1 Å². The quantitative estimate of drug-likeness (QED) is 0.878. The Kier molecular flexibility index (Phi) is 5.19. The number of carbonyl (C=O) groups is 1. The summed E-state index contributed by atoms with van der Waals surface area (Å²) in [4.78, 5) is 18.5. The summed E-state index contributed by atoms with van der Waals surface area (Å²) in [6.45, 7) is 3.26. The number of ether oxygens (including phenoxy) is 1. The lowest BCUT2D eigenvalue weighted by Crippen LogP contribution is -2.28. The van der Waals surface area contributed by atoms with Gasteiger partial charge in [-0.25, -0.2) is 4.79 Å². The van der Waals surface area contributed by atoms with Crippen LogP contribution < -0.4 is 15.4 Å². The van der Waals surface area contributed by atoms with Crippen molar-refractivity contribution in [2.24, 2.45) is 0 Å². The van der Waals surface area contributed by atoms with Crippen LogP contribution in [0.25, 0.3) is 0 Å². The Hall–Kier alpha value is -2.60. The Morgan fingerprint density at radius 2 is 2.16 bits per heavy atom. The van der Waals surface area contributed by atoms with E-state index in [1.165, 1.54) is 5.56 Å². The first-order valence-corrected chi connectivity index (χ1v) is 8.42. The third kappa shape index (κ3) is 4.70. The van der Waals surface area contributed by atoms with Crippen molar-refractivity contribution in [2.45, 2.75) is 32.5 Å². The minimum atomic E-state index is -0.230. The fourth-order valence-corrected chi connectivity index (χ4v) is 2.91. The molecule has 1 aliphatic heterocycles. The molecule has 1 unspecified atom stereocenters. The molecular weight excluding hydrogens is 316 g/mol. The molecule has 2 N–H and O–H groups in total. The van der Waals surface area contributed by atoms with Crippen LogP contribution in [0, 0.1) is 0 Å². The Morgan fingerprint density at radius 3 is 2.96 bits per heavy atom. The van der Waals surface area contributed by atoms with Crippen LogP contribution in [0.1, 0.15) is 23.7 Å². The number of pyridine rings is 1. The van der Waals surface area contributed by atoms with Gasteiger partial charge >= 0.3 is 6.03 Å². The van der Waals surface area contributed by atoms with Gasteiger partial charge in [0.05, 0.1) is 5.69 Å². The number of benzene rings is 1. The minimum Gasteiger partial charge on any atom is -0.490 e. The van der Waals surface area contributed by atoms with E-state index in [1.807, 2.05) is 37.2 Å². The molecular formula is C19H24N4O2. The number of nitrogens with zero attached hydrogens (tertiary/aromatic N) is 2. The number of urea groups is 1. The van der Waals surface area contributed by atoms with Crippen molar-refractivity contribution >= 4 is 11.7 Å². The molecule has 6 heteroatoms. The summed E-state index contributed by atoms with van der Waals surface area (Å²) < 4.78 is 5.70. The molecule has 2 heterocycles. The number of carbonyl (C=O) groups excluding carboxylic acids is 1. The summed E-state index contributed by atoms with van der Waals surface area (Å²) in [6.07, 6.45) is 2.85. The number of fused-ring (bicyclic) bond motifs is 1. The lowest BCUT2D eigenvalue weighted by Gasteiger charge is -2.11. The molecule has 2 amide bonds. The molecule has 132 valence electrons. The van der Waals surface area contributed by atoms with E-state index in [0.29, 0.717) is 6.54 Å². The number of nitrogens with one attached hydrogen (secondary N) is 2. The maximum atomic E-state index is 12.1. The zero-order valence-corrected chi connectivity index (χ0v) is 14.9. The molecule has 0 aliphatic carbocycles. The predicted molar refractivity (Wildman–Crippen MR) is 97.7 cm³/mol. The second-order valence-corrected chi connectivity index (χ2v) is 6.66. The monoisotopic (exact) mass is 340 g/mol. The average Bonchev–Trinajstić information content (AvgIpc) is 2.92. The number of hydrogen-bond donors (Lipinski definition) is 2. The van der Waals surface area contributed by atoms with E-state index >= 15 is 0 Å². The lowest BCUT2D eigenvalue weighted by molar-refractivity contribution is 0.251. The zero-order valence-electron chi connectivity index (χ0n) is 14.9. The van der Waals surface area contributed by atoms with Gasteiger partial charge < -0.3 is 20.3 Å². The highest BCUT2D eigenvalue weighted by atomic mass is 16.5. The molecule has 1 aromatic carbocycles. The summed E-state index contributed by atoms with van der Waals surface area (Å²) in [5.41, 5.74) is 3.92. The fraction of sp³-hybridized carbons (Fsp3) is 0.368. The van der Waals surface area contributed by atoms with E-state index in [9.17, 15) is 4.79 Å². The van der Waals surface area contributed by atoms with E-state index < -0.39 is 0 Å². The average molecular weight is 340 g/mol. The van der Waals surface area contributed by atoms with E-state index in [1.54, 1.807) is 12.3 Å². The molecule has 1 atom stereocenters. The van der Waals surface area contributed by atoms with Crippen molar-refractivity contribution in [1.82, 2.24) is 15.2 Å². The number of anilines is 1. The van der Waals surface area contributed by atoms with Crippen LogP contribution in [0.3, 0.4) is 0 Å². The van der Waals surface area contributed by atoms with Gasteiger partial charge in [-0.15, -0.1) is 0 Å². The molecule has 0 bridgehead atoms. The second-order valence-electron chi connectivity index (χ2n) is 6.66. The van der Waals surface area contributed by atoms with Gasteiger partial charge in [-0.1, -0.05) is 12.1 Å². The largest absolute Gasteiger partial charge is 0.490 e. The topological polar surface area (TPSA) is 66.5 Å². The first-order chi connectivity index (χ1) is 12.0. The predicted octanol–water partition coefficient (Wildman–Crippen LogP) is 2.79. The number of aromatic nitrogens is 1. The standard InChI is InChI=1S/C19H24N4O2/c1-13-8-15-9-14(4-5-18(15)25-13)11-21-19(24)22-16-6-7-20-17(10-16)12-23(2)3/h4-7,9-10,13H,8,11-12H2,1-3H3,(H2,20,21,22,24). The van der Waals surface area contributed by atoms with E-state index in [2.05, 4.69) is 28.6 Å². The van der Waals surface area contributed by atoms with Crippen molar-refractivity contribution < 1.29 is 9.53 Å². The van der Waals surface area contributed by atoms with Crippen molar-refractivity contribution in [3.8, 4) is 5.75 Å². The van der Waals surface area contributed by atoms with Crippen molar-refractivity contribution in [3.63, 3.8) is 0 Å². The van der Waals surface area contributed by atoms with E-state index in [4.69, 9.17) is 4.74 Å². The fourth-order valence-electron chi connectivity index (χ4n) is 2.91. The normalized spacial score (nSPS) is 15.6. The maximum Gasteiger partial charge on any atom is 0.319 e. The molecule has 25 heavy (non-hydrogen) atoms. The highest BCUT2D eigenvalue weighted by Gasteiger charge is 2.18. The minimum absolute atomic E-state index is 0.226. The Balaban J connectivity index is 1.54. The first kappa shape index (κ1) is 17.2. The molecule has 0 saturated carbocycles. The third-order valence-corrected chi connectivity index (χ3v) is 3.97. The van der Waals surface area contributed by atoms with Gasteiger partial charge in [-0.3, -0.25) is 4.98 Å². The van der Waals surface area contributed by atoms with Gasteiger partial charge in [0.1, 0.15) is 11.9 Å². The molecule has 1 aromatic heterocycles. The molecule has 0 saturated heterocycles. The van der Waals surface area contributed by atoms with Crippen molar-refractivity contribution in [1.29, 1.82) is 0 Å². The van der Waals surface area contributed by atoms with Gasteiger partial charge in [0, 0.05) is 31.4 Å². The van der Waals surface area contributed by atoms with Crippen LogP contribution in [0.5, 0.6) is 5.75 Å². The van der Waals surface area contributed by atoms with E-state index in [-0.39, 0.29) is 12.1 Å². The molecule has 3 rings (SSSR count). The highest BCUT2D eigenvalue weighted by molar-refractivity contribution is 5.89. The van der Waals surface area contributed by atoms with Gasteiger partial charge in [-0.05, 0) is 50.3 Å². The van der Waals surface area contributed by atoms with Crippen molar-refractivity contribution in [3.05, 3.63) is 53.3 Å². The van der Waals surface area contributed by atoms with E-state index in [0.717, 1.165) is 35.7 Å². The Labute approximate surface area is 148 Å². The SMILES string of the molecule is CC1Cc2cc(CNC(=O)Nc3ccnc(CN(C)C)c3)ccc2O1. The maximum absolute atomic E-state index is 12.1. The van der Waals surface area contributed by atoms with Gasteiger partial charge in [0.25, 0.3) is 0 Å². The summed E-state index contributed by atoms with van der Waals surface area (Å²) in [5, 5.41) is 5.74. The van der Waals surface area contributed by atoms with Crippen LogP contribution in [-0.2, 0) is 19.5 Å². The van der Waals surface area contributed by atoms with Gasteiger partial charge in [0.15, 0.2) is 0 Å². The molecule has 0 spiro atoms. The first-order valence-electron chi connectivity index (χ1n) is 8.42. The van der Waals surface area contributed by atoms with Crippen molar-refractivity contribution in [2.75, 3.05) is 19.4 Å². The molecule has 2 aromatic rings. The molecule has 0 radical (unpaired) electrons. The summed E-state index contributed by atoms with van der Waals surface area (Å²) in [5.74, 6) is 0.950. The Bertz CT molecular complexity index is 761. The van der Waals surface area contributed by atoms with Crippen LogP contribution in [0.4, 0.5) is 10.5 Å². The second kappa shape index (κ2) is 7.53. The molecule has 0 fully saturated rings. The highest BCUT2D eigenvalue weighted by Crippen LogP contribution is 2.29. The summed E-state index contributed by atoms with van der Waals surface area (Å²) >= 11 is 0. The van der Waals surface area contributed by atoms with Crippen LogP contribution >= 0.6 is 0 Å². The Morgan fingerprint density at radius 1 is 1.32 bits per heavy atom. The molecule has 6 nitrogen and oxygen atoms in total. The van der Waals surface area contributed by atoms with Crippen LogP contribution in [0.15, 0.2) is 36.5 Å². The number of hydrogen-bond acceptors (Lipinski definition) is 4. The summed E-state index contributed by atoms with van der Waals surface area (Å²) in [7, 11) is 3.97. The summed E-state index contributed by atoms with van der Waals surface area (Å²) in [6, 6.07) is 9.50. The number of amides is 2. The lowest BCUT2D eigenvalue weighted by atomic mass is 10.1. The molecule has 1 aliphatic rings. The third-order valence-electron chi connectivity index (χ3n) is 3.97. The van der Waals surface area contributed by atoms with Crippen LogP contribution in [0.2, 0.25) is 0 Å². The smallest absolute Gasteiger partial charge is 0.319 e. The zero-order chi connectivity index (χ0) is 17.8. The number of rotatable bonds is 5. The van der Waals surface area contributed by atoms with Gasteiger partial charge in [0.2, 0.25) is 0 Å².